The SMILES string of the molecule is CCOc1cc(C=Nn2c(-c3cc4cc(Br)ccc4o3)nc3ccccc3c2=O)cc(Br)c1O[C@@H](C)CC. The van der Waals surface area contributed by atoms with Crippen LogP contribution < -0.4 is 15.0 Å². The van der Waals surface area contributed by atoms with Crippen molar-refractivity contribution >= 4 is 59.9 Å². The molecule has 0 spiro atoms. The summed E-state index contributed by atoms with van der Waals surface area (Å²) in [6.07, 6.45) is 2.49. The van der Waals surface area contributed by atoms with Crippen LogP contribution in [-0.2, 0) is 0 Å². The second kappa shape index (κ2) is 11.1. The quantitative estimate of drug-likeness (QED) is 0.162. The Morgan fingerprint density at radius 2 is 1.92 bits per heavy atom. The van der Waals surface area contributed by atoms with Crippen molar-refractivity contribution in [2.24, 2.45) is 5.10 Å². The molecule has 5 rings (SSSR count). The maximum Gasteiger partial charge on any atom is 0.282 e. The van der Waals surface area contributed by atoms with Crippen molar-refractivity contribution in [3.8, 4) is 23.1 Å². The van der Waals surface area contributed by atoms with Crippen molar-refractivity contribution in [1.29, 1.82) is 0 Å². The summed E-state index contributed by atoms with van der Waals surface area (Å²) >= 11 is 7.10. The van der Waals surface area contributed by atoms with Gasteiger partial charge in [-0.25, -0.2) is 4.98 Å². The molecule has 0 aliphatic carbocycles. The Bertz CT molecular complexity index is 1730. The van der Waals surface area contributed by atoms with E-state index in [1.165, 1.54) is 4.68 Å². The van der Waals surface area contributed by atoms with Gasteiger partial charge in [-0.15, -0.1) is 0 Å². The van der Waals surface area contributed by atoms with Gasteiger partial charge >= 0.3 is 0 Å². The molecule has 38 heavy (non-hydrogen) atoms. The molecule has 0 radical (unpaired) electrons. The molecule has 194 valence electrons. The van der Waals surface area contributed by atoms with E-state index in [-0.39, 0.29) is 11.7 Å². The Kier molecular flexibility index (Phi) is 7.67. The van der Waals surface area contributed by atoms with Gasteiger partial charge in [0.25, 0.3) is 5.56 Å². The molecule has 5 aromatic rings. The fourth-order valence-corrected chi connectivity index (χ4v) is 4.90. The highest BCUT2D eigenvalue weighted by Crippen LogP contribution is 2.37. The minimum Gasteiger partial charge on any atom is -0.490 e. The van der Waals surface area contributed by atoms with Crippen molar-refractivity contribution in [3.05, 3.63) is 85.5 Å². The molecular formula is C29H25Br2N3O4. The highest BCUT2D eigenvalue weighted by Gasteiger charge is 2.18. The Labute approximate surface area is 236 Å². The molecule has 1 atom stereocenters. The number of nitrogens with zero attached hydrogens (tertiary/aromatic N) is 3. The standard InChI is InChI=1S/C29H25Br2N3O4/c1-4-17(3)37-27-22(31)12-18(13-25(27)36-5-2)16-32-34-28(33-23-9-7-6-8-21(23)29(34)35)26-15-19-14-20(30)10-11-24(19)38-26/h6-17H,4-5H2,1-3H3/t17-/m0/s1. The molecule has 0 N–H and O–H groups in total. The van der Waals surface area contributed by atoms with E-state index in [0.29, 0.717) is 46.2 Å². The number of fused-ring (bicyclic) bond motifs is 2. The Balaban J connectivity index is 1.64. The number of benzene rings is 3. The molecule has 0 bridgehead atoms. The maximum absolute atomic E-state index is 13.6. The largest absolute Gasteiger partial charge is 0.490 e. The van der Waals surface area contributed by atoms with E-state index in [9.17, 15) is 4.79 Å². The molecule has 0 aliphatic heterocycles. The van der Waals surface area contributed by atoms with E-state index < -0.39 is 0 Å². The van der Waals surface area contributed by atoms with Crippen LogP contribution in [0.25, 0.3) is 33.5 Å². The van der Waals surface area contributed by atoms with Gasteiger partial charge in [0.2, 0.25) is 5.82 Å². The lowest BCUT2D eigenvalue weighted by molar-refractivity contribution is 0.202. The van der Waals surface area contributed by atoms with Crippen LogP contribution in [0.15, 0.2) is 83.9 Å². The molecule has 9 heteroatoms. The van der Waals surface area contributed by atoms with Crippen LogP contribution in [-0.4, -0.2) is 28.6 Å². The monoisotopic (exact) mass is 637 g/mol. The number of hydrogen-bond acceptors (Lipinski definition) is 6. The van der Waals surface area contributed by atoms with Gasteiger partial charge in [0, 0.05) is 9.86 Å². The summed E-state index contributed by atoms with van der Waals surface area (Å²) in [4.78, 5) is 18.3. The van der Waals surface area contributed by atoms with Gasteiger partial charge in [-0.05, 0) is 90.3 Å². The second-order valence-corrected chi connectivity index (χ2v) is 10.5. The van der Waals surface area contributed by atoms with Crippen LogP contribution in [0, 0.1) is 0 Å². The van der Waals surface area contributed by atoms with E-state index in [1.807, 2.05) is 56.3 Å². The van der Waals surface area contributed by atoms with Gasteiger partial charge in [-0.3, -0.25) is 4.79 Å². The predicted octanol–water partition coefficient (Wildman–Crippen LogP) is 7.79. The van der Waals surface area contributed by atoms with E-state index in [0.717, 1.165) is 26.3 Å². The zero-order chi connectivity index (χ0) is 26.8. The van der Waals surface area contributed by atoms with E-state index >= 15 is 0 Å². The van der Waals surface area contributed by atoms with Gasteiger partial charge in [0.05, 0.1) is 34.3 Å². The lowest BCUT2D eigenvalue weighted by atomic mass is 10.2. The molecule has 2 aromatic heterocycles. The van der Waals surface area contributed by atoms with Crippen molar-refractivity contribution in [1.82, 2.24) is 9.66 Å². The number of ether oxygens (including phenoxy) is 2. The first kappa shape index (κ1) is 26.2. The van der Waals surface area contributed by atoms with Crippen molar-refractivity contribution in [2.75, 3.05) is 6.61 Å². The first-order valence-electron chi connectivity index (χ1n) is 12.3. The minimum atomic E-state index is -0.302. The van der Waals surface area contributed by atoms with E-state index in [4.69, 9.17) is 18.9 Å². The van der Waals surface area contributed by atoms with Gasteiger partial charge in [0.1, 0.15) is 5.58 Å². The molecule has 3 aromatic carbocycles. The zero-order valence-corrected chi connectivity index (χ0v) is 24.2. The van der Waals surface area contributed by atoms with Crippen LogP contribution in [0.2, 0.25) is 0 Å². The molecule has 0 saturated heterocycles. The fourth-order valence-electron chi connectivity index (χ4n) is 3.96. The maximum atomic E-state index is 13.6. The Morgan fingerprint density at radius 1 is 1.11 bits per heavy atom. The summed E-state index contributed by atoms with van der Waals surface area (Å²) in [6.45, 7) is 6.47. The summed E-state index contributed by atoms with van der Waals surface area (Å²) in [6, 6.07) is 18.5. The highest BCUT2D eigenvalue weighted by molar-refractivity contribution is 9.10. The van der Waals surface area contributed by atoms with E-state index in [1.54, 1.807) is 24.4 Å². The van der Waals surface area contributed by atoms with Crippen LogP contribution in [0.4, 0.5) is 0 Å². The fraction of sp³-hybridized carbons (Fsp3) is 0.207. The third-order valence-electron chi connectivity index (χ3n) is 6.00. The van der Waals surface area contributed by atoms with Crippen LogP contribution in [0.5, 0.6) is 11.5 Å². The summed E-state index contributed by atoms with van der Waals surface area (Å²) in [5.41, 5.74) is 1.66. The number of rotatable bonds is 8. The topological polar surface area (TPSA) is 78.9 Å². The number of hydrogen-bond donors (Lipinski definition) is 0. The van der Waals surface area contributed by atoms with Gasteiger partial charge in [-0.2, -0.15) is 9.78 Å². The van der Waals surface area contributed by atoms with Crippen molar-refractivity contribution in [3.63, 3.8) is 0 Å². The molecule has 0 fully saturated rings. The number of aromatic nitrogens is 2. The Morgan fingerprint density at radius 3 is 2.71 bits per heavy atom. The van der Waals surface area contributed by atoms with Gasteiger partial charge in [-0.1, -0.05) is 35.0 Å². The average molecular weight is 639 g/mol. The lowest BCUT2D eigenvalue weighted by Gasteiger charge is -2.18. The predicted molar refractivity (Wildman–Crippen MR) is 158 cm³/mol. The molecule has 2 heterocycles. The molecule has 0 amide bonds. The van der Waals surface area contributed by atoms with Crippen LogP contribution >= 0.6 is 31.9 Å². The smallest absolute Gasteiger partial charge is 0.282 e. The van der Waals surface area contributed by atoms with Gasteiger partial charge in [0.15, 0.2) is 17.3 Å². The highest BCUT2D eigenvalue weighted by atomic mass is 79.9. The van der Waals surface area contributed by atoms with Crippen LogP contribution in [0.1, 0.15) is 32.8 Å². The zero-order valence-electron chi connectivity index (χ0n) is 21.1. The molecule has 0 unspecified atom stereocenters. The van der Waals surface area contributed by atoms with Gasteiger partial charge < -0.3 is 13.9 Å². The molecular weight excluding hydrogens is 614 g/mol. The lowest BCUT2D eigenvalue weighted by Crippen LogP contribution is -2.20. The summed E-state index contributed by atoms with van der Waals surface area (Å²) < 4.78 is 20.9. The summed E-state index contributed by atoms with van der Waals surface area (Å²) in [5.74, 6) is 1.97. The number of furan rings is 1. The molecule has 0 aliphatic rings. The van der Waals surface area contributed by atoms with Crippen molar-refractivity contribution < 1.29 is 13.9 Å². The number of para-hydroxylation sites is 1. The normalized spacial score (nSPS) is 12.4. The molecule has 0 saturated carbocycles. The number of halogens is 2. The average Bonchev–Trinajstić information content (AvgIpc) is 3.33. The third kappa shape index (κ3) is 5.26. The summed E-state index contributed by atoms with van der Waals surface area (Å²) in [5, 5.41) is 5.91. The first-order chi connectivity index (χ1) is 18.4. The van der Waals surface area contributed by atoms with Crippen LogP contribution in [0.3, 0.4) is 0 Å². The van der Waals surface area contributed by atoms with Crippen molar-refractivity contribution in [2.45, 2.75) is 33.3 Å². The third-order valence-corrected chi connectivity index (χ3v) is 7.08. The van der Waals surface area contributed by atoms with E-state index in [2.05, 4.69) is 43.9 Å². The molecule has 7 nitrogen and oxygen atoms in total. The summed E-state index contributed by atoms with van der Waals surface area (Å²) in [7, 11) is 0. The first-order valence-corrected chi connectivity index (χ1v) is 13.8. The minimum absolute atomic E-state index is 0.0271. The Hall–Kier alpha value is -3.43. The second-order valence-electron chi connectivity index (χ2n) is 8.71.